The van der Waals surface area contributed by atoms with Crippen molar-refractivity contribution in [3.05, 3.63) is 66.0 Å². The summed E-state index contributed by atoms with van der Waals surface area (Å²) in [4.78, 5) is 26.3. The van der Waals surface area contributed by atoms with E-state index >= 15 is 0 Å². The molecule has 0 unspecified atom stereocenters. The summed E-state index contributed by atoms with van der Waals surface area (Å²) in [6.45, 7) is 3.70. The van der Waals surface area contributed by atoms with Crippen molar-refractivity contribution in [1.82, 2.24) is 4.90 Å². The van der Waals surface area contributed by atoms with Gasteiger partial charge in [0.15, 0.2) is 5.60 Å². The molecule has 0 saturated carbocycles. The van der Waals surface area contributed by atoms with Crippen LogP contribution in [0, 0.1) is 11.7 Å². The molecule has 5 nitrogen and oxygen atoms in total. The molecule has 0 aromatic heterocycles. The smallest absolute Gasteiger partial charge is 0.308 e. The zero-order valence-corrected chi connectivity index (χ0v) is 15.3. The Morgan fingerprint density at radius 3 is 2.30 bits per heavy atom. The van der Waals surface area contributed by atoms with Gasteiger partial charge in [-0.25, -0.2) is 4.39 Å². The molecule has 0 bridgehead atoms. The molecule has 2 aromatic carbocycles. The highest BCUT2D eigenvalue weighted by molar-refractivity contribution is 5.86. The second-order valence-electron chi connectivity index (χ2n) is 7.24. The number of carbonyl (C=O) groups excluding carboxylic acids is 1. The molecular weight excluding hydrogens is 349 g/mol. The average Bonchev–Trinajstić information content (AvgIpc) is 3.09. The summed E-state index contributed by atoms with van der Waals surface area (Å²) in [5, 5.41) is 9.60. The molecule has 27 heavy (non-hydrogen) atoms. The van der Waals surface area contributed by atoms with E-state index in [0.29, 0.717) is 12.3 Å². The van der Waals surface area contributed by atoms with Crippen molar-refractivity contribution in [3.63, 3.8) is 0 Å². The second-order valence-corrected chi connectivity index (χ2v) is 7.24. The van der Waals surface area contributed by atoms with Crippen LogP contribution in [0.3, 0.4) is 0 Å². The summed E-state index contributed by atoms with van der Waals surface area (Å²) < 4.78 is 18.8. The summed E-state index contributed by atoms with van der Waals surface area (Å²) in [7, 11) is 0. The number of carboxylic acids is 1. The first-order valence-electron chi connectivity index (χ1n) is 8.79. The van der Waals surface area contributed by atoms with Crippen LogP contribution in [-0.4, -0.2) is 40.6 Å². The molecule has 0 radical (unpaired) electrons. The lowest BCUT2D eigenvalue weighted by Gasteiger charge is -2.30. The Labute approximate surface area is 157 Å². The molecule has 0 spiro atoms. The first-order valence-corrected chi connectivity index (χ1v) is 8.79. The highest BCUT2D eigenvalue weighted by Crippen LogP contribution is 2.34. The molecule has 1 aliphatic rings. The molecule has 1 N–H and O–H groups in total. The maximum absolute atomic E-state index is 13.1. The Hall–Kier alpha value is -2.89. The monoisotopic (exact) mass is 371 g/mol. The van der Waals surface area contributed by atoms with E-state index < -0.39 is 17.5 Å². The summed E-state index contributed by atoms with van der Waals surface area (Å²) in [6.07, 6.45) is 0. The summed E-state index contributed by atoms with van der Waals surface area (Å²) in [6, 6.07) is 14.8. The third-order valence-corrected chi connectivity index (χ3v) is 4.85. The zero-order chi connectivity index (χ0) is 19.6. The molecule has 2 aromatic rings. The van der Waals surface area contributed by atoms with Crippen molar-refractivity contribution in [2.75, 3.05) is 13.1 Å². The number of amides is 1. The van der Waals surface area contributed by atoms with Crippen molar-refractivity contribution >= 4 is 11.9 Å². The van der Waals surface area contributed by atoms with Gasteiger partial charge in [0, 0.05) is 19.0 Å². The van der Waals surface area contributed by atoms with E-state index in [4.69, 9.17) is 4.74 Å². The van der Waals surface area contributed by atoms with E-state index in [9.17, 15) is 19.1 Å². The number of halogens is 1. The van der Waals surface area contributed by atoms with Gasteiger partial charge >= 0.3 is 5.97 Å². The highest BCUT2D eigenvalue weighted by atomic mass is 19.1. The van der Waals surface area contributed by atoms with Gasteiger partial charge in [-0.2, -0.15) is 0 Å². The van der Waals surface area contributed by atoms with E-state index in [-0.39, 0.29) is 24.2 Å². The quantitative estimate of drug-likeness (QED) is 0.876. The lowest BCUT2D eigenvalue weighted by atomic mass is 9.89. The fourth-order valence-corrected chi connectivity index (χ4v) is 3.48. The van der Waals surface area contributed by atoms with Crippen LogP contribution in [0.25, 0.3) is 0 Å². The van der Waals surface area contributed by atoms with E-state index in [2.05, 4.69) is 0 Å². The van der Waals surface area contributed by atoms with Gasteiger partial charge < -0.3 is 14.7 Å². The maximum atomic E-state index is 13.1. The Balaban J connectivity index is 1.77. The normalized spacial score (nSPS) is 19.7. The van der Waals surface area contributed by atoms with Crippen LogP contribution in [0.4, 0.5) is 4.39 Å². The number of carboxylic acid groups (broad SMARTS) is 1. The highest BCUT2D eigenvalue weighted by Gasteiger charge is 2.44. The molecule has 142 valence electrons. The Kier molecular flexibility index (Phi) is 5.17. The van der Waals surface area contributed by atoms with Crippen LogP contribution in [0.5, 0.6) is 5.75 Å². The second kappa shape index (κ2) is 7.39. The van der Waals surface area contributed by atoms with Crippen molar-refractivity contribution < 1.29 is 23.8 Å². The average molecular weight is 371 g/mol. The molecule has 1 amide bonds. The first-order chi connectivity index (χ1) is 12.8. The molecule has 0 aliphatic carbocycles. The molecule has 2 atom stereocenters. The lowest BCUT2D eigenvalue weighted by Crippen LogP contribution is -2.48. The largest absolute Gasteiger partial charge is 0.481 e. The fourth-order valence-electron chi connectivity index (χ4n) is 3.48. The van der Waals surface area contributed by atoms with E-state index in [0.717, 1.165) is 5.56 Å². The summed E-state index contributed by atoms with van der Waals surface area (Å²) in [5.41, 5.74) is -0.301. The van der Waals surface area contributed by atoms with Gasteiger partial charge in [0.05, 0.1) is 5.92 Å². The van der Waals surface area contributed by atoms with Crippen molar-refractivity contribution in [2.24, 2.45) is 5.92 Å². The minimum absolute atomic E-state index is 0.129. The molecule has 1 heterocycles. The molecule has 1 fully saturated rings. The van der Waals surface area contributed by atoms with Gasteiger partial charge in [-0.1, -0.05) is 30.3 Å². The van der Waals surface area contributed by atoms with Crippen molar-refractivity contribution in [2.45, 2.75) is 25.4 Å². The fraction of sp³-hybridized carbons (Fsp3) is 0.333. The van der Waals surface area contributed by atoms with Crippen molar-refractivity contribution in [1.29, 1.82) is 0 Å². The first kappa shape index (κ1) is 18.9. The molecule has 1 aliphatic heterocycles. The number of hydrogen-bond acceptors (Lipinski definition) is 3. The van der Waals surface area contributed by atoms with E-state index in [1.807, 2.05) is 30.3 Å². The van der Waals surface area contributed by atoms with Crippen LogP contribution in [-0.2, 0) is 9.59 Å². The minimum Gasteiger partial charge on any atom is -0.481 e. The number of hydrogen-bond donors (Lipinski definition) is 1. The molecular formula is C21H22FNO4. The van der Waals surface area contributed by atoms with Crippen LogP contribution >= 0.6 is 0 Å². The van der Waals surface area contributed by atoms with E-state index in [1.54, 1.807) is 18.7 Å². The summed E-state index contributed by atoms with van der Waals surface area (Å²) >= 11 is 0. The van der Waals surface area contributed by atoms with Gasteiger partial charge in [-0.05, 0) is 43.7 Å². The van der Waals surface area contributed by atoms with Gasteiger partial charge in [0.2, 0.25) is 0 Å². The number of likely N-dealkylation sites (tertiary alicyclic amines) is 1. The zero-order valence-electron chi connectivity index (χ0n) is 15.3. The van der Waals surface area contributed by atoms with E-state index in [1.165, 1.54) is 24.3 Å². The standard InChI is InChI=1S/C21H22FNO4/c1-21(2,27-16-10-8-15(22)9-11-16)20(26)23-12-17(18(13-23)19(24)25)14-6-4-3-5-7-14/h3-11,17-18H,12-13H2,1-2H3,(H,24,25)/t17-,18-/m0/s1. The molecule has 3 rings (SSSR count). The topological polar surface area (TPSA) is 66.8 Å². The predicted octanol–water partition coefficient (Wildman–Crippen LogP) is 3.31. The Morgan fingerprint density at radius 2 is 1.70 bits per heavy atom. The maximum Gasteiger partial charge on any atom is 0.308 e. The third kappa shape index (κ3) is 4.10. The van der Waals surface area contributed by atoms with Gasteiger partial charge in [0.25, 0.3) is 5.91 Å². The Morgan fingerprint density at radius 1 is 1.07 bits per heavy atom. The number of ether oxygens (including phenoxy) is 1. The molecule has 6 heteroatoms. The number of aliphatic carboxylic acids is 1. The third-order valence-electron chi connectivity index (χ3n) is 4.85. The van der Waals surface area contributed by atoms with Gasteiger partial charge in [-0.15, -0.1) is 0 Å². The van der Waals surface area contributed by atoms with Gasteiger partial charge in [0.1, 0.15) is 11.6 Å². The minimum atomic E-state index is -1.20. The van der Waals surface area contributed by atoms with Crippen LogP contribution in [0.2, 0.25) is 0 Å². The van der Waals surface area contributed by atoms with Crippen LogP contribution in [0.15, 0.2) is 54.6 Å². The Bertz CT molecular complexity index is 820. The van der Waals surface area contributed by atoms with Crippen LogP contribution in [0.1, 0.15) is 25.3 Å². The molecule has 1 saturated heterocycles. The van der Waals surface area contributed by atoms with Gasteiger partial charge in [-0.3, -0.25) is 9.59 Å². The lowest BCUT2D eigenvalue weighted by molar-refractivity contribution is -0.145. The predicted molar refractivity (Wildman–Crippen MR) is 98.0 cm³/mol. The van der Waals surface area contributed by atoms with Crippen molar-refractivity contribution in [3.8, 4) is 5.75 Å². The number of benzene rings is 2. The summed E-state index contributed by atoms with van der Waals surface area (Å²) in [5.74, 6) is -2.16. The number of carbonyl (C=O) groups is 2. The number of nitrogens with zero attached hydrogens (tertiary/aromatic N) is 1. The number of rotatable bonds is 5. The SMILES string of the molecule is CC(C)(Oc1ccc(F)cc1)C(=O)N1C[C@H](C(=O)O)[C@H](c2ccccc2)C1. The van der Waals surface area contributed by atoms with Crippen LogP contribution < -0.4 is 4.74 Å².